The van der Waals surface area contributed by atoms with Crippen molar-refractivity contribution in [1.29, 1.82) is 0 Å². The molecule has 0 aromatic carbocycles. The molecule has 9 heteroatoms. The Kier molecular flexibility index (Phi) is 18.4. The molecule has 0 bridgehead atoms. The van der Waals surface area contributed by atoms with E-state index in [1.165, 1.54) is 0 Å². The van der Waals surface area contributed by atoms with Crippen molar-refractivity contribution in [1.82, 2.24) is 0 Å². The predicted octanol–water partition coefficient (Wildman–Crippen LogP) is 4.85. The minimum atomic E-state index is 0.609. The Balaban J connectivity index is 3.73. The molecule has 0 unspecified atom stereocenters. The summed E-state index contributed by atoms with van der Waals surface area (Å²) in [5, 5.41) is 3.52. The zero-order valence-electron chi connectivity index (χ0n) is 9.23. The molecule has 0 saturated carbocycles. The summed E-state index contributed by atoms with van der Waals surface area (Å²) in [4.78, 5) is 0. The molecule has 104 valence electrons. The molecule has 0 aliphatic heterocycles. The van der Waals surface area contributed by atoms with Crippen molar-refractivity contribution in [2.45, 2.75) is 9.16 Å². The van der Waals surface area contributed by atoms with Crippen molar-refractivity contribution in [2.75, 3.05) is 31.8 Å². The highest BCUT2D eigenvalue weighted by molar-refractivity contribution is 8.25. The first-order chi connectivity index (χ1) is 8.28. The van der Waals surface area contributed by atoms with Gasteiger partial charge in [-0.15, -0.1) is 47.0 Å². The SMILES string of the molecule is SCSC(CSCC(SCS)SCS)SCS. The highest BCUT2D eigenvalue weighted by atomic mass is 32.2. The van der Waals surface area contributed by atoms with Gasteiger partial charge in [-0.1, -0.05) is 0 Å². The zero-order valence-corrected chi connectivity index (χ0v) is 16.9. The zero-order chi connectivity index (χ0) is 12.9. The van der Waals surface area contributed by atoms with Gasteiger partial charge < -0.3 is 0 Å². The molecule has 0 atom stereocenters. The summed E-state index contributed by atoms with van der Waals surface area (Å²) >= 11 is 26.7. The van der Waals surface area contributed by atoms with E-state index in [0.717, 1.165) is 31.8 Å². The Morgan fingerprint density at radius 3 is 1.12 bits per heavy atom. The molecule has 0 amide bonds. The highest BCUT2D eigenvalue weighted by Crippen LogP contribution is 2.32. The summed E-state index contributed by atoms with van der Waals surface area (Å²) in [6.07, 6.45) is 0. The molecular weight excluding hydrogens is 385 g/mol. The van der Waals surface area contributed by atoms with Gasteiger partial charge >= 0.3 is 0 Å². The molecule has 0 N–H and O–H groups in total. The van der Waals surface area contributed by atoms with E-state index in [1.807, 2.05) is 58.8 Å². The molecule has 0 aliphatic rings. The molecule has 0 heterocycles. The van der Waals surface area contributed by atoms with Gasteiger partial charge in [-0.25, -0.2) is 0 Å². The molecule has 0 aromatic heterocycles. The van der Waals surface area contributed by atoms with Gasteiger partial charge in [0.25, 0.3) is 0 Å². The monoisotopic (exact) mass is 402 g/mol. The van der Waals surface area contributed by atoms with Crippen molar-refractivity contribution in [3.63, 3.8) is 0 Å². The summed E-state index contributed by atoms with van der Waals surface area (Å²) in [5.41, 5.74) is 0. The molecule has 0 radical (unpaired) electrons. The van der Waals surface area contributed by atoms with Crippen LogP contribution in [-0.4, -0.2) is 41.0 Å². The normalized spacial score (nSPS) is 11.6. The number of rotatable bonds is 12. The number of hydrogen-bond acceptors (Lipinski definition) is 9. The Bertz CT molecular complexity index is 128. The maximum atomic E-state index is 4.27. The molecule has 0 spiro atoms. The van der Waals surface area contributed by atoms with Gasteiger partial charge in [-0.05, 0) is 0 Å². The topological polar surface area (TPSA) is 0 Å². The van der Waals surface area contributed by atoms with Crippen LogP contribution in [0.5, 0.6) is 0 Å². The van der Waals surface area contributed by atoms with Gasteiger partial charge in [0, 0.05) is 31.8 Å². The summed E-state index contributed by atoms with van der Waals surface area (Å²) in [6.45, 7) is 0. The van der Waals surface area contributed by atoms with E-state index >= 15 is 0 Å². The second kappa shape index (κ2) is 15.5. The van der Waals surface area contributed by atoms with E-state index in [4.69, 9.17) is 0 Å². The number of thioether (sulfide) groups is 5. The van der Waals surface area contributed by atoms with Gasteiger partial charge in [-0.2, -0.15) is 62.3 Å². The number of thiol groups is 4. The molecule has 0 aromatic rings. The average Bonchev–Trinajstić information content (AvgIpc) is 2.30. The Labute approximate surface area is 149 Å². The second-order valence-corrected chi connectivity index (χ2v) is 12.0. The van der Waals surface area contributed by atoms with Crippen LogP contribution in [0.25, 0.3) is 0 Å². The van der Waals surface area contributed by atoms with E-state index in [1.54, 1.807) is 0 Å². The minimum absolute atomic E-state index is 0.609. The predicted molar refractivity (Wildman–Crippen MR) is 111 cm³/mol. The molecular formula is C8H18S9. The van der Waals surface area contributed by atoms with Crippen LogP contribution in [0.4, 0.5) is 0 Å². The van der Waals surface area contributed by atoms with E-state index < -0.39 is 0 Å². The largest absolute Gasteiger partial charge is 0.168 e. The van der Waals surface area contributed by atoms with E-state index in [-0.39, 0.29) is 0 Å². The van der Waals surface area contributed by atoms with Crippen molar-refractivity contribution in [3.05, 3.63) is 0 Å². The third-order valence-corrected chi connectivity index (χ3v) is 9.70. The van der Waals surface area contributed by atoms with Crippen LogP contribution in [0.15, 0.2) is 0 Å². The quantitative estimate of drug-likeness (QED) is 0.271. The van der Waals surface area contributed by atoms with E-state index in [0.29, 0.717) is 9.16 Å². The van der Waals surface area contributed by atoms with Crippen LogP contribution in [0, 0.1) is 0 Å². The standard InChI is InChI=1S/C8H18S9/c9-3-14-7(15-4-10)1-13-2-8(16-5-11)17-6-12/h7-12H,1-6H2. The molecule has 17 heavy (non-hydrogen) atoms. The second-order valence-electron chi connectivity index (χ2n) is 2.58. The van der Waals surface area contributed by atoms with Gasteiger partial charge in [0.1, 0.15) is 0 Å². The molecule has 0 nitrogen and oxygen atoms in total. The van der Waals surface area contributed by atoms with Gasteiger partial charge in [-0.3, -0.25) is 0 Å². The molecule has 0 fully saturated rings. The highest BCUT2D eigenvalue weighted by Gasteiger charge is 2.12. The Morgan fingerprint density at radius 1 is 0.588 bits per heavy atom. The maximum absolute atomic E-state index is 4.27. The van der Waals surface area contributed by atoms with Crippen LogP contribution in [0.3, 0.4) is 0 Å². The van der Waals surface area contributed by atoms with Crippen LogP contribution < -0.4 is 0 Å². The van der Waals surface area contributed by atoms with Gasteiger partial charge in [0.15, 0.2) is 0 Å². The Morgan fingerprint density at radius 2 is 0.882 bits per heavy atom. The fourth-order valence-corrected chi connectivity index (χ4v) is 9.72. The molecule has 0 rings (SSSR count). The van der Waals surface area contributed by atoms with Crippen molar-refractivity contribution in [2.24, 2.45) is 0 Å². The first-order valence-corrected chi connectivity index (χ1v) is 12.6. The van der Waals surface area contributed by atoms with Gasteiger partial charge in [0.05, 0.1) is 9.16 Å². The third kappa shape index (κ3) is 12.6. The van der Waals surface area contributed by atoms with Crippen LogP contribution >= 0.6 is 109 Å². The minimum Gasteiger partial charge on any atom is -0.168 e. The van der Waals surface area contributed by atoms with Crippen LogP contribution in [-0.2, 0) is 0 Å². The smallest absolute Gasteiger partial charge is 0.0609 e. The Hall–Kier alpha value is 3.15. The van der Waals surface area contributed by atoms with Crippen LogP contribution in [0.1, 0.15) is 0 Å². The summed E-state index contributed by atoms with van der Waals surface area (Å²) in [6, 6.07) is 0. The summed E-state index contributed by atoms with van der Waals surface area (Å²) in [7, 11) is 0. The average molecular weight is 403 g/mol. The molecule has 0 saturated heterocycles. The lowest BCUT2D eigenvalue weighted by atomic mass is 10.9. The lowest BCUT2D eigenvalue weighted by Gasteiger charge is -2.17. The fraction of sp³-hybridized carbons (Fsp3) is 1.00. The van der Waals surface area contributed by atoms with Crippen molar-refractivity contribution < 1.29 is 0 Å². The first-order valence-electron chi connectivity index (χ1n) is 4.76. The molecule has 0 aliphatic carbocycles. The summed E-state index contributed by atoms with van der Waals surface area (Å²) in [5.74, 6) is 2.32. The maximum Gasteiger partial charge on any atom is 0.0609 e. The third-order valence-electron chi connectivity index (χ3n) is 1.55. The number of hydrogen-bond donors (Lipinski definition) is 4. The van der Waals surface area contributed by atoms with Gasteiger partial charge in [0.2, 0.25) is 0 Å². The summed E-state index contributed by atoms with van der Waals surface area (Å²) < 4.78 is 1.22. The van der Waals surface area contributed by atoms with E-state index in [2.05, 4.69) is 50.5 Å². The van der Waals surface area contributed by atoms with Crippen molar-refractivity contribution in [3.8, 4) is 0 Å². The first kappa shape index (κ1) is 20.1. The fourth-order valence-electron chi connectivity index (χ4n) is 0.882. The van der Waals surface area contributed by atoms with E-state index in [9.17, 15) is 0 Å². The lowest BCUT2D eigenvalue weighted by molar-refractivity contribution is 1.39. The van der Waals surface area contributed by atoms with Crippen molar-refractivity contribution >= 4 is 109 Å². The van der Waals surface area contributed by atoms with Crippen LogP contribution in [0.2, 0.25) is 0 Å². The lowest BCUT2D eigenvalue weighted by Crippen LogP contribution is -2.07.